The molecule has 0 unspecified atom stereocenters. The van der Waals surface area contributed by atoms with Crippen molar-refractivity contribution in [2.75, 3.05) is 11.5 Å². The van der Waals surface area contributed by atoms with Gasteiger partial charge < -0.3 is 4.84 Å². The molecule has 1 aromatic rings. The Morgan fingerprint density at radius 2 is 1.65 bits per heavy atom. The molecule has 0 bridgehead atoms. The maximum atomic E-state index is 12.0. The highest BCUT2D eigenvalue weighted by molar-refractivity contribution is 8.18. The summed E-state index contributed by atoms with van der Waals surface area (Å²) in [6.07, 6.45) is 1.05. The fraction of sp³-hybridized carbons (Fsp3) is 0.308. The first-order valence-electron chi connectivity index (χ1n) is 6.11. The van der Waals surface area contributed by atoms with Crippen LogP contribution < -0.4 is 0 Å². The van der Waals surface area contributed by atoms with Crippen molar-refractivity contribution in [1.29, 1.82) is 0 Å². The molecule has 1 aromatic carbocycles. The van der Waals surface area contributed by atoms with Crippen LogP contribution >= 0.6 is 23.5 Å². The third-order valence-electron chi connectivity index (χ3n) is 2.96. The van der Waals surface area contributed by atoms with E-state index < -0.39 is 17.8 Å². The van der Waals surface area contributed by atoms with E-state index in [1.165, 1.54) is 23.5 Å². The second kappa shape index (κ2) is 5.49. The van der Waals surface area contributed by atoms with Crippen molar-refractivity contribution in [2.45, 2.75) is 11.0 Å². The van der Waals surface area contributed by atoms with Gasteiger partial charge in [-0.15, -0.1) is 23.5 Å². The number of amides is 2. The van der Waals surface area contributed by atoms with Crippen molar-refractivity contribution in [3.05, 3.63) is 35.4 Å². The molecular formula is C13H11NO4S2. The topological polar surface area (TPSA) is 63.7 Å². The standard InChI is InChI=1S/C13H11NO4S2/c15-10-8-4-1-2-5-9(8)11(16)14(10)18-12(17)13-19-6-3-7-20-13/h1-2,4-5,13H,3,6-7H2. The number of hydrogen-bond acceptors (Lipinski definition) is 6. The maximum Gasteiger partial charge on any atom is 0.355 e. The van der Waals surface area contributed by atoms with Gasteiger partial charge in [0.2, 0.25) is 0 Å². The average Bonchev–Trinajstić information content (AvgIpc) is 2.74. The van der Waals surface area contributed by atoms with Crippen LogP contribution in [-0.2, 0) is 9.63 Å². The second-order valence-electron chi connectivity index (χ2n) is 4.29. The Bertz CT molecular complexity index is 548. The lowest BCUT2D eigenvalue weighted by molar-refractivity contribution is -0.165. The molecule has 0 spiro atoms. The number of benzene rings is 1. The number of hydroxylamine groups is 2. The fourth-order valence-corrected chi connectivity index (χ4v) is 4.56. The first kappa shape index (κ1) is 13.5. The molecule has 0 radical (unpaired) electrons. The van der Waals surface area contributed by atoms with Gasteiger partial charge in [0.25, 0.3) is 11.8 Å². The van der Waals surface area contributed by atoms with Gasteiger partial charge in [0.15, 0.2) is 4.58 Å². The van der Waals surface area contributed by atoms with Crippen LogP contribution in [-0.4, -0.2) is 38.9 Å². The third kappa shape index (κ3) is 2.31. The zero-order valence-electron chi connectivity index (χ0n) is 10.4. The minimum atomic E-state index is -0.579. The molecule has 2 aliphatic heterocycles. The van der Waals surface area contributed by atoms with E-state index in [0.717, 1.165) is 17.9 Å². The zero-order valence-corrected chi connectivity index (χ0v) is 12.0. The molecule has 1 saturated heterocycles. The van der Waals surface area contributed by atoms with Gasteiger partial charge in [-0.25, -0.2) is 4.79 Å². The summed E-state index contributed by atoms with van der Waals surface area (Å²) >= 11 is 2.96. The van der Waals surface area contributed by atoms with Gasteiger partial charge in [-0.05, 0) is 30.1 Å². The Labute approximate surface area is 124 Å². The van der Waals surface area contributed by atoms with Crippen LogP contribution in [0.2, 0.25) is 0 Å². The fourth-order valence-electron chi connectivity index (χ4n) is 2.01. The van der Waals surface area contributed by atoms with Gasteiger partial charge >= 0.3 is 5.97 Å². The van der Waals surface area contributed by atoms with E-state index in [1.807, 2.05) is 0 Å². The average molecular weight is 309 g/mol. The van der Waals surface area contributed by atoms with Crippen molar-refractivity contribution < 1.29 is 19.2 Å². The predicted octanol–water partition coefficient (Wildman–Crippen LogP) is 1.94. The molecule has 0 aliphatic carbocycles. The van der Waals surface area contributed by atoms with E-state index in [4.69, 9.17) is 4.84 Å². The normalized spacial score (nSPS) is 19.1. The Kier molecular flexibility index (Phi) is 3.71. The number of fused-ring (bicyclic) bond motifs is 1. The summed E-state index contributed by atoms with van der Waals surface area (Å²) in [6, 6.07) is 6.44. The number of thioether (sulfide) groups is 2. The van der Waals surface area contributed by atoms with Gasteiger partial charge in [0.1, 0.15) is 0 Å². The van der Waals surface area contributed by atoms with Crippen molar-refractivity contribution in [2.24, 2.45) is 0 Å². The van der Waals surface area contributed by atoms with E-state index in [0.29, 0.717) is 5.06 Å². The first-order chi connectivity index (χ1) is 9.68. The summed E-state index contributed by atoms with van der Waals surface area (Å²) in [6.45, 7) is 0. The summed E-state index contributed by atoms with van der Waals surface area (Å²) in [4.78, 5) is 41.1. The Hall–Kier alpha value is -1.47. The number of carbonyl (C=O) groups excluding carboxylic acids is 3. The quantitative estimate of drug-likeness (QED) is 0.778. The van der Waals surface area contributed by atoms with E-state index in [2.05, 4.69) is 0 Å². The summed E-state index contributed by atoms with van der Waals surface area (Å²) in [5.74, 6) is 0.0627. The molecule has 0 saturated carbocycles. The van der Waals surface area contributed by atoms with Crippen LogP contribution in [0.25, 0.3) is 0 Å². The minimum Gasteiger partial charge on any atom is -0.328 e. The molecule has 7 heteroatoms. The van der Waals surface area contributed by atoms with Crippen LogP contribution in [0, 0.1) is 0 Å². The van der Waals surface area contributed by atoms with E-state index in [9.17, 15) is 14.4 Å². The lowest BCUT2D eigenvalue weighted by Crippen LogP contribution is -2.36. The lowest BCUT2D eigenvalue weighted by Gasteiger charge is -2.21. The molecule has 20 heavy (non-hydrogen) atoms. The van der Waals surface area contributed by atoms with Crippen LogP contribution in [0.5, 0.6) is 0 Å². The number of hydrogen-bond donors (Lipinski definition) is 0. The van der Waals surface area contributed by atoms with Gasteiger partial charge in [-0.2, -0.15) is 0 Å². The van der Waals surface area contributed by atoms with Crippen molar-refractivity contribution in [3.8, 4) is 0 Å². The molecule has 2 aliphatic rings. The van der Waals surface area contributed by atoms with Gasteiger partial charge in [0.05, 0.1) is 11.1 Å². The van der Waals surface area contributed by atoms with Gasteiger partial charge in [-0.1, -0.05) is 17.2 Å². The van der Waals surface area contributed by atoms with E-state index in [-0.39, 0.29) is 15.7 Å². The van der Waals surface area contributed by atoms with Crippen molar-refractivity contribution in [1.82, 2.24) is 5.06 Å². The third-order valence-corrected chi connectivity index (χ3v) is 5.81. The first-order valence-corrected chi connectivity index (χ1v) is 8.21. The predicted molar refractivity (Wildman–Crippen MR) is 76.4 cm³/mol. The van der Waals surface area contributed by atoms with Gasteiger partial charge in [-0.3, -0.25) is 9.59 Å². The second-order valence-corrected chi connectivity index (χ2v) is 7.01. The molecule has 104 valence electrons. The largest absolute Gasteiger partial charge is 0.355 e. The van der Waals surface area contributed by atoms with Gasteiger partial charge in [0, 0.05) is 0 Å². The summed E-state index contributed by atoms with van der Waals surface area (Å²) in [7, 11) is 0. The Morgan fingerprint density at radius 3 is 2.20 bits per heavy atom. The highest BCUT2D eigenvalue weighted by Crippen LogP contribution is 2.32. The highest BCUT2D eigenvalue weighted by Gasteiger charge is 2.40. The van der Waals surface area contributed by atoms with Crippen LogP contribution in [0.4, 0.5) is 0 Å². The van der Waals surface area contributed by atoms with Crippen molar-refractivity contribution >= 4 is 41.3 Å². The number of rotatable bonds is 2. The molecule has 0 aromatic heterocycles. The molecule has 0 atom stereocenters. The molecular weight excluding hydrogens is 298 g/mol. The highest BCUT2D eigenvalue weighted by atomic mass is 32.2. The lowest BCUT2D eigenvalue weighted by atomic mass is 10.1. The molecule has 2 amide bonds. The summed E-state index contributed by atoms with van der Waals surface area (Å²) < 4.78 is -0.368. The Morgan fingerprint density at radius 1 is 1.10 bits per heavy atom. The molecule has 3 rings (SSSR count). The van der Waals surface area contributed by atoms with Crippen molar-refractivity contribution in [3.63, 3.8) is 0 Å². The zero-order chi connectivity index (χ0) is 14.1. The monoisotopic (exact) mass is 309 g/mol. The SMILES string of the molecule is O=C(ON1C(=O)c2ccccc2C1=O)C1SCCCS1. The summed E-state index contributed by atoms with van der Waals surface area (Å²) in [5.41, 5.74) is 0.545. The summed E-state index contributed by atoms with van der Waals surface area (Å²) in [5, 5.41) is 0.572. The van der Waals surface area contributed by atoms with E-state index >= 15 is 0 Å². The van der Waals surface area contributed by atoms with Crippen LogP contribution in [0.15, 0.2) is 24.3 Å². The molecule has 1 fully saturated rings. The molecule has 0 N–H and O–H groups in total. The smallest absolute Gasteiger partial charge is 0.328 e. The van der Waals surface area contributed by atoms with Crippen LogP contribution in [0.3, 0.4) is 0 Å². The van der Waals surface area contributed by atoms with E-state index in [1.54, 1.807) is 24.3 Å². The number of imide groups is 1. The molecule has 2 heterocycles. The maximum absolute atomic E-state index is 12.0. The minimum absolute atomic E-state index is 0.272. The number of nitrogens with zero attached hydrogens (tertiary/aromatic N) is 1. The molecule has 5 nitrogen and oxygen atoms in total. The number of carbonyl (C=O) groups is 3. The Balaban J connectivity index is 1.74. The van der Waals surface area contributed by atoms with Crippen LogP contribution in [0.1, 0.15) is 27.1 Å².